The molecule has 1 aromatic carbocycles. The predicted molar refractivity (Wildman–Crippen MR) is 72.1 cm³/mol. The van der Waals surface area contributed by atoms with Crippen molar-refractivity contribution in [2.75, 3.05) is 10.7 Å². The van der Waals surface area contributed by atoms with Gasteiger partial charge in [0.1, 0.15) is 11.5 Å². The molecule has 0 aliphatic rings. The molecule has 0 bridgehead atoms. The Bertz CT molecular complexity index is 666. The van der Waals surface area contributed by atoms with Crippen molar-refractivity contribution in [1.29, 1.82) is 0 Å². The van der Waals surface area contributed by atoms with Crippen molar-refractivity contribution in [2.24, 2.45) is 12.9 Å². The average Bonchev–Trinajstić information content (AvgIpc) is 2.83. The lowest BCUT2D eigenvalue weighted by Crippen LogP contribution is -2.15. The maximum Gasteiger partial charge on any atom is 0.294 e. The van der Waals surface area contributed by atoms with Gasteiger partial charge in [0.2, 0.25) is 0 Å². The highest BCUT2D eigenvalue weighted by Gasteiger charge is 2.17. The summed E-state index contributed by atoms with van der Waals surface area (Å²) in [7, 11) is 1.67. The van der Waals surface area contributed by atoms with Crippen LogP contribution >= 0.6 is 0 Å². The average molecular weight is 276 g/mol. The van der Waals surface area contributed by atoms with Crippen molar-refractivity contribution in [2.45, 2.75) is 0 Å². The Kier molecular flexibility index (Phi) is 3.62. The summed E-state index contributed by atoms with van der Waals surface area (Å²) >= 11 is 0. The Labute approximate surface area is 113 Å². The first-order valence-corrected chi connectivity index (χ1v) is 5.57. The summed E-state index contributed by atoms with van der Waals surface area (Å²) in [5.41, 5.74) is 2.22. The lowest BCUT2D eigenvalue weighted by Gasteiger charge is -2.07. The van der Waals surface area contributed by atoms with Gasteiger partial charge < -0.3 is 10.7 Å². The van der Waals surface area contributed by atoms with E-state index in [2.05, 4.69) is 15.8 Å². The predicted octanol–water partition coefficient (Wildman–Crippen LogP) is 0.866. The number of nitro groups is 1. The molecule has 1 heterocycles. The molecule has 2 rings (SSSR count). The van der Waals surface area contributed by atoms with Crippen LogP contribution in [0.3, 0.4) is 0 Å². The smallest absolute Gasteiger partial charge is 0.294 e. The molecular formula is C11H12N6O3. The van der Waals surface area contributed by atoms with Gasteiger partial charge in [-0.1, -0.05) is 0 Å². The topological polar surface area (TPSA) is 128 Å². The largest absolute Gasteiger partial charge is 0.318 e. The molecule has 0 aliphatic carbocycles. The molecule has 20 heavy (non-hydrogen) atoms. The molecule has 0 aliphatic heterocycles. The van der Waals surface area contributed by atoms with Gasteiger partial charge in [-0.2, -0.15) is 5.10 Å². The number of aryl methyl sites for hydroxylation is 1. The van der Waals surface area contributed by atoms with Crippen molar-refractivity contribution < 1.29 is 9.72 Å². The number of anilines is 2. The SMILES string of the molecule is Cn1nccc1NC(=O)c1ccc(NN)c([N+](=O)[O-])c1. The number of nitrogen functional groups attached to an aromatic ring is 1. The molecule has 0 radical (unpaired) electrons. The van der Waals surface area contributed by atoms with Crippen LogP contribution in [0.5, 0.6) is 0 Å². The monoisotopic (exact) mass is 276 g/mol. The molecule has 104 valence electrons. The second kappa shape index (κ2) is 5.36. The normalized spacial score (nSPS) is 10.1. The third kappa shape index (κ3) is 2.57. The molecule has 0 saturated heterocycles. The van der Waals surface area contributed by atoms with Gasteiger partial charge in [-0.15, -0.1) is 0 Å². The van der Waals surface area contributed by atoms with Crippen molar-refractivity contribution in [3.8, 4) is 0 Å². The number of amides is 1. The molecule has 0 saturated carbocycles. The van der Waals surface area contributed by atoms with Crippen LogP contribution < -0.4 is 16.6 Å². The van der Waals surface area contributed by atoms with Crippen LogP contribution in [0.1, 0.15) is 10.4 Å². The van der Waals surface area contributed by atoms with Crippen molar-refractivity contribution >= 4 is 23.1 Å². The van der Waals surface area contributed by atoms with E-state index < -0.39 is 10.8 Å². The van der Waals surface area contributed by atoms with E-state index in [1.807, 2.05) is 0 Å². The van der Waals surface area contributed by atoms with E-state index in [1.54, 1.807) is 13.1 Å². The van der Waals surface area contributed by atoms with Crippen LogP contribution in [0.4, 0.5) is 17.2 Å². The number of aromatic nitrogens is 2. The molecule has 2 aromatic rings. The summed E-state index contributed by atoms with van der Waals surface area (Å²) in [6.45, 7) is 0. The van der Waals surface area contributed by atoms with Crippen LogP contribution in [-0.4, -0.2) is 20.6 Å². The fourth-order valence-electron chi connectivity index (χ4n) is 1.63. The zero-order valence-electron chi connectivity index (χ0n) is 10.5. The Morgan fingerprint density at radius 3 is 2.75 bits per heavy atom. The Balaban J connectivity index is 2.29. The Morgan fingerprint density at radius 1 is 1.45 bits per heavy atom. The van der Waals surface area contributed by atoms with Gasteiger partial charge in [-0.3, -0.25) is 25.4 Å². The van der Waals surface area contributed by atoms with Crippen molar-refractivity contribution in [3.63, 3.8) is 0 Å². The highest BCUT2D eigenvalue weighted by molar-refractivity contribution is 6.04. The zero-order chi connectivity index (χ0) is 14.7. The Hall–Kier alpha value is -2.94. The third-order valence-corrected chi connectivity index (χ3v) is 2.67. The highest BCUT2D eigenvalue weighted by atomic mass is 16.6. The molecule has 0 spiro atoms. The summed E-state index contributed by atoms with van der Waals surface area (Å²) in [5.74, 6) is 5.19. The molecular weight excluding hydrogens is 264 g/mol. The summed E-state index contributed by atoms with van der Waals surface area (Å²) in [6, 6.07) is 5.58. The molecule has 0 atom stereocenters. The first-order valence-electron chi connectivity index (χ1n) is 5.57. The van der Waals surface area contributed by atoms with E-state index in [1.165, 1.54) is 23.0 Å². The van der Waals surface area contributed by atoms with Crippen molar-refractivity contribution in [3.05, 3.63) is 46.1 Å². The minimum atomic E-state index is -0.615. The van der Waals surface area contributed by atoms with Gasteiger partial charge in [-0.25, -0.2) is 0 Å². The molecule has 1 amide bonds. The van der Waals surface area contributed by atoms with E-state index in [-0.39, 0.29) is 16.9 Å². The van der Waals surface area contributed by atoms with Gasteiger partial charge in [-0.05, 0) is 12.1 Å². The van der Waals surface area contributed by atoms with E-state index in [9.17, 15) is 14.9 Å². The zero-order valence-corrected chi connectivity index (χ0v) is 10.5. The highest BCUT2D eigenvalue weighted by Crippen LogP contribution is 2.25. The fourth-order valence-corrected chi connectivity index (χ4v) is 1.63. The quantitative estimate of drug-likeness (QED) is 0.431. The molecule has 1 aromatic heterocycles. The molecule has 9 heteroatoms. The maximum absolute atomic E-state index is 12.0. The van der Waals surface area contributed by atoms with Crippen LogP contribution in [0, 0.1) is 10.1 Å². The maximum atomic E-state index is 12.0. The van der Waals surface area contributed by atoms with E-state index in [0.29, 0.717) is 5.82 Å². The number of nitrogens with zero attached hydrogens (tertiary/aromatic N) is 3. The number of hydrogen-bond acceptors (Lipinski definition) is 6. The lowest BCUT2D eigenvalue weighted by atomic mass is 10.1. The minimum Gasteiger partial charge on any atom is -0.318 e. The molecule has 9 nitrogen and oxygen atoms in total. The standard InChI is InChI=1S/C11H12N6O3/c1-16-10(4-5-13-16)14-11(18)7-2-3-8(15-12)9(6-7)17(19)20/h2-6,15H,12H2,1H3,(H,14,18). The van der Waals surface area contributed by atoms with E-state index >= 15 is 0 Å². The summed E-state index contributed by atoms with van der Waals surface area (Å²) in [5, 5.41) is 17.4. The number of nitrogens with one attached hydrogen (secondary N) is 2. The molecule has 0 fully saturated rings. The second-order valence-corrected chi connectivity index (χ2v) is 3.93. The van der Waals surface area contributed by atoms with Gasteiger partial charge >= 0.3 is 0 Å². The van der Waals surface area contributed by atoms with Crippen molar-refractivity contribution in [1.82, 2.24) is 9.78 Å². The lowest BCUT2D eigenvalue weighted by molar-refractivity contribution is -0.384. The summed E-state index contributed by atoms with van der Waals surface area (Å²) < 4.78 is 1.47. The summed E-state index contributed by atoms with van der Waals surface area (Å²) in [6.07, 6.45) is 1.53. The first kappa shape index (κ1) is 13.5. The van der Waals surface area contributed by atoms with Crippen LogP contribution in [0.25, 0.3) is 0 Å². The number of hydrogen-bond donors (Lipinski definition) is 3. The van der Waals surface area contributed by atoms with Gasteiger partial charge in [0.25, 0.3) is 11.6 Å². The Morgan fingerprint density at radius 2 is 2.20 bits per heavy atom. The van der Waals surface area contributed by atoms with Crippen LogP contribution in [-0.2, 0) is 7.05 Å². The van der Waals surface area contributed by atoms with E-state index in [0.717, 1.165) is 6.07 Å². The first-order chi connectivity index (χ1) is 9.52. The van der Waals surface area contributed by atoms with Gasteiger partial charge in [0, 0.05) is 24.7 Å². The van der Waals surface area contributed by atoms with Gasteiger partial charge in [0.05, 0.1) is 11.1 Å². The van der Waals surface area contributed by atoms with E-state index in [4.69, 9.17) is 5.84 Å². The number of rotatable bonds is 4. The van der Waals surface area contributed by atoms with Gasteiger partial charge in [0.15, 0.2) is 0 Å². The minimum absolute atomic E-state index is 0.132. The molecule has 0 unspecified atom stereocenters. The number of carbonyl (C=O) groups is 1. The number of hydrazine groups is 1. The number of carbonyl (C=O) groups excluding carboxylic acids is 1. The van der Waals surface area contributed by atoms with Crippen LogP contribution in [0.2, 0.25) is 0 Å². The number of nitrogens with two attached hydrogens (primary N) is 1. The number of nitro benzene ring substituents is 1. The molecule has 4 N–H and O–H groups in total. The second-order valence-electron chi connectivity index (χ2n) is 3.93. The van der Waals surface area contributed by atoms with Crippen LogP contribution in [0.15, 0.2) is 30.5 Å². The number of benzene rings is 1. The third-order valence-electron chi connectivity index (χ3n) is 2.67. The summed E-state index contributed by atoms with van der Waals surface area (Å²) in [4.78, 5) is 22.3. The fraction of sp³-hybridized carbons (Fsp3) is 0.0909.